The zero-order chi connectivity index (χ0) is 13.8. The summed E-state index contributed by atoms with van der Waals surface area (Å²) in [4.78, 5) is 17.5. The van der Waals surface area contributed by atoms with E-state index >= 15 is 0 Å². The number of ether oxygens (including phenoxy) is 1. The monoisotopic (exact) mass is 269 g/mol. The smallest absolute Gasteiger partial charge is 0.257 e. The lowest BCUT2D eigenvalue weighted by Crippen LogP contribution is -2.50. The van der Waals surface area contributed by atoms with Crippen LogP contribution in [0.25, 0.3) is 0 Å². The topological polar surface area (TPSA) is 74.7 Å². The normalized spacial score (nSPS) is 19.3. The third-order valence-corrected chi connectivity index (χ3v) is 3.06. The summed E-state index contributed by atoms with van der Waals surface area (Å²) < 4.78 is 19.2. The van der Waals surface area contributed by atoms with Crippen molar-refractivity contribution in [3.8, 4) is 0 Å². The number of amides is 1. The maximum Gasteiger partial charge on any atom is 0.257 e. The number of anilines is 1. The average molecular weight is 269 g/mol. The van der Waals surface area contributed by atoms with Gasteiger partial charge in [-0.2, -0.15) is 0 Å². The maximum atomic E-state index is 14.0. The zero-order valence-corrected chi connectivity index (χ0v) is 10.6. The molecule has 104 valence electrons. The number of carbonyl (C=O) groups is 1. The number of halogens is 1. The summed E-state index contributed by atoms with van der Waals surface area (Å²) in [5.41, 5.74) is -0.0558. The van der Waals surface area contributed by atoms with Crippen LogP contribution in [0.2, 0.25) is 0 Å². The van der Waals surface area contributed by atoms with Crippen LogP contribution in [-0.2, 0) is 4.74 Å². The molecule has 1 saturated heterocycles. The highest BCUT2D eigenvalue weighted by Gasteiger charge is 2.29. The number of aliphatic hydroxyl groups excluding tert-OH is 1. The SMILES string of the molecule is CNc1nccc(C(=O)N2CCOCC2CO)c1F. The fourth-order valence-electron chi connectivity index (χ4n) is 2.01. The first kappa shape index (κ1) is 13.7. The second-order valence-corrected chi connectivity index (χ2v) is 4.18. The number of aromatic nitrogens is 1. The fraction of sp³-hybridized carbons (Fsp3) is 0.500. The molecule has 1 unspecified atom stereocenters. The van der Waals surface area contributed by atoms with Gasteiger partial charge in [-0.3, -0.25) is 4.79 Å². The van der Waals surface area contributed by atoms with Crippen molar-refractivity contribution >= 4 is 11.7 Å². The van der Waals surface area contributed by atoms with Gasteiger partial charge in [-0.1, -0.05) is 0 Å². The molecular weight excluding hydrogens is 253 g/mol. The predicted molar refractivity (Wildman–Crippen MR) is 66.5 cm³/mol. The average Bonchev–Trinajstić information content (AvgIpc) is 2.46. The van der Waals surface area contributed by atoms with Crippen molar-refractivity contribution < 1.29 is 19.0 Å². The molecule has 0 spiro atoms. The van der Waals surface area contributed by atoms with Crippen LogP contribution in [0.3, 0.4) is 0 Å². The van der Waals surface area contributed by atoms with E-state index in [-0.39, 0.29) is 24.6 Å². The Morgan fingerprint density at radius 3 is 3.21 bits per heavy atom. The Morgan fingerprint density at radius 1 is 1.74 bits per heavy atom. The standard InChI is InChI=1S/C12H16FN3O3/c1-14-11-10(13)9(2-3-15-11)12(18)16-4-5-19-7-8(16)6-17/h2-3,8,17H,4-7H2,1H3,(H,14,15). The second-order valence-electron chi connectivity index (χ2n) is 4.18. The Balaban J connectivity index is 2.28. The van der Waals surface area contributed by atoms with E-state index in [1.807, 2.05) is 0 Å². The summed E-state index contributed by atoms with van der Waals surface area (Å²) in [6.45, 7) is 0.764. The van der Waals surface area contributed by atoms with Crippen molar-refractivity contribution in [3.05, 3.63) is 23.6 Å². The molecule has 0 saturated carbocycles. The summed E-state index contributed by atoms with van der Waals surface area (Å²) >= 11 is 0. The molecular formula is C12H16FN3O3. The van der Waals surface area contributed by atoms with Gasteiger partial charge in [0.25, 0.3) is 5.91 Å². The molecule has 1 fully saturated rings. The quantitative estimate of drug-likeness (QED) is 0.814. The molecule has 2 rings (SSSR count). The first-order chi connectivity index (χ1) is 9.19. The van der Waals surface area contributed by atoms with Crippen LogP contribution in [0.5, 0.6) is 0 Å². The highest BCUT2D eigenvalue weighted by atomic mass is 19.1. The molecule has 19 heavy (non-hydrogen) atoms. The minimum atomic E-state index is -0.682. The molecule has 0 bridgehead atoms. The fourth-order valence-corrected chi connectivity index (χ4v) is 2.01. The Kier molecular flexibility index (Phi) is 4.28. The van der Waals surface area contributed by atoms with Crippen LogP contribution in [0, 0.1) is 5.82 Å². The molecule has 1 aliphatic rings. The van der Waals surface area contributed by atoms with Crippen molar-refractivity contribution in [2.45, 2.75) is 6.04 Å². The van der Waals surface area contributed by atoms with Crippen molar-refractivity contribution in [2.24, 2.45) is 0 Å². The van der Waals surface area contributed by atoms with Gasteiger partial charge in [0.05, 0.1) is 31.4 Å². The summed E-state index contributed by atoms with van der Waals surface area (Å²) in [7, 11) is 1.53. The Morgan fingerprint density at radius 2 is 2.53 bits per heavy atom. The van der Waals surface area contributed by atoms with Gasteiger partial charge >= 0.3 is 0 Å². The number of nitrogens with one attached hydrogen (secondary N) is 1. The molecule has 2 N–H and O–H groups in total. The Labute approximate surface area is 110 Å². The largest absolute Gasteiger partial charge is 0.394 e. The summed E-state index contributed by atoms with van der Waals surface area (Å²) in [6.07, 6.45) is 1.37. The van der Waals surface area contributed by atoms with E-state index in [9.17, 15) is 14.3 Å². The van der Waals surface area contributed by atoms with Gasteiger partial charge in [0.1, 0.15) is 0 Å². The van der Waals surface area contributed by atoms with Gasteiger partial charge in [-0.05, 0) is 6.07 Å². The van der Waals surface area contributed by atoms with E-state index in [0.717, 1.165) is 0 Å². The van der Waals surface area contributed by atoms with E-state index in [0.29, 0.717) is 13.2 Å². The van der Waals surface area contributed by atoms with Crippen LogP contribution in [0.4, 0.5) is 10.2 Å². The molecule has 2 heterocycles. The van der Waals surface area contributed by atoms with Crippen molar-refractivity contribution in [1.82, 2.24) is 9.88 Å². The van der Waals surface area contributed by atoms with Gasteiger partial charge in [-0.15, -0.1) is 0 Å². The lowest BCUT2D eigenvalue weighted by Gasteiger charge is -2.34. The van der Waals surface area contributed by atoms with E-state index in [4.69, 9.17) is 4.74 Å². The van der Waals surface area contributed by atoms with Crippen LogP contribution >= 0.6 is 0 Å². The maximum absolute atomic E-state index is 14.0. The molecule has 1 amide bonds. The number of carbonyl (C=O) groups excluding carboxylic acids is 1. The van der Waals surface area contributed by atoms with Crippen molar-refractivity contribution in [1.29, 1.82) is 0 Å². The first-order valence-corrected chi connectivity index (χ1v) is 6.01. The zero-order valence-electron chi connectivity index (χ0n) is 10.6. The second kappa shape index (κ2) is 5.94. The van der Waals surface area contributed by atoms with Gasteiger partial charge in [0.15, 0.2) is 11.6 Å². The molecule has 0 aromatic carbocycles. The molecule has 0 aliphatic carbocycles. The summed E-state index contributed by atoms with van der Waals surface area (Å²) in [5, 5.41) is 11.8. The lowest BCUT2D eigenvalue weighted by molar-refractivity contribution is -0.0185. The highest BCUT2D eigenvalue weighted by molar-refractivity contribution is 5.95. The minimum absolute atomic E-state index is 0.0275. The number of morpholine rings is 1. The molecule has 1 aliphatic heterocycles. The number of aliphatic hydroxyl groups is 1. The van der Waals surface area contributed by atoms with E-state index in [1.165, 1.54) is 24.2 Å². The molecule has 1 atom stereocenters. The van der Waals surface area contributed by atoms with Gasteiger partial charge in [-0.25, -0.2) is 9.37 Å². The molecule has 0 radical (unpaired) electrons. The number of hydrogen-bond acceptors (Lipinski definition) is 5. The minimum Gasteiger partial charge on any atom is -0.394 e. The van der Waals surface area contributed by atoms with E-state index in [1.54, 1.807) is 0 Å². The van der Waals surface area contributed by atoms with Gasteiger partial charge < -0.3 is 20.1 Å². The highest BCUT2D eigenvalue weighted by Crippen LogP contribution is 2.18. The first-order valence-electron chi connectivity index (χ1n) is 6.01. The number of nitrogens with zero attached hydrogens (tertiary/aromatic N) is 2. The third kappa shape index (κ3) is 2.66. The third-order valence-electron chi connectivity index (χ3n) is 3.06. The Hall–Kier alpha value is -1.73. The molecule has 6 nitrogen and oxygen atoms in total. The molecule has 1 aromatic rings. The number of rotatable bonds is 3. The van der Waals surface area contributed by atoms with Crippen LogP contribution in [0.15, 0.2) is 12.3 Å². The number of pyridine rings is 1. The van der Waals surface area contributed by atoms with Gasteiger partial charge in [0, 0.05) is 19.8 Å². The van der Waals surface area contributed by atoms with Crippen LogP contribution in [-0.4, -0.2) is 60.4 Å². The van der Waals surface area contributed by atoms with E-state index < -0.39 is 17.8 Å². The molecule has 7 heteroatoms. The van der Waals surface area contributed by atoms with Crippen molar-refractivity contribution in [2.75, 3.05) is 38.7 Å². The van der Waals surface area contributed by atoms with Crippen molar-refractivity contribution in [3.63, 3.8) is 0 Å². The van der Waals surface area contributed by atoms with Crippen LogP contribution in [0.1, 0.15) is 10.4 Å². The lowest BCUT2D eigenvalue weighted by atomic mass is 10.1. The van der Waals surface area contributed by atoms with E-state index in [2.05, 4.69) is 10.3 Å². The van der Waals surface area contributed by atoms with Crippen LogP contribution < -0.4 is 5.32 Å². The molecule has 1 aromatic heterocycles. The number of hydrogen-bond donors (Lipinski definition) is 2. The predicted octanol–water partition coefficient (Wildman–Crippen LogP) is 0.0957. The summed E-state index contributed by atoms with van der Waals surface area (Å²) in [6, 6.07) is 0.898. The summed E-state index contributed by atoms with van der Waals surface area (Å²) in [5.74, 6) is -1.11. The van der Waals surface area contributed by atoms with Gasteiger partial charge in [0.2, 0.25) is 0 Å². The Bertz CT molecular complexity index is 470.